The van der Waals surface area contributed by atoms with Crippen molar-refractivity contribution < 1.29 is 13.9 Å². The molecule has 1 atom stereocenters. The van der Waals surface area contributed by atoms with Crippen LogP contribution in [-0.2, 0) is 0 Å². The first kappa shape index (κ1) is 17.5. The molecule has 0 saturated carbocycles. The molecule has 2 amide bonds. The van der Waals surface area contributed by atoms with Gasteiger partial charge in [-0.25, -0.2) is 9.18 Å². The molecule has 0 radical (unpaired) electrons. The average molecular weight is 323 g/mol. The van der Waals surface area contributed by atoms with Crippen molar-refractivity contribution in [1.29, 1.82) is 0 Å². The van der Waals surface area contributed by atoms with Crippen molar-refractivity contribution in [2.45, 2.75) is 26.0 Å². The Bertz CT molecular complexity index is 522. The first-order valence-corrected chi connectivity index (χ1v) is 7.99. The minimum Gasteiger partial charge on any atom is -0.484 e. The van der Waals surface area contributed by atoms with E-state index < -0.39 is 0 Å². The second-order valence-electron chi connectivity index (χ2n) is 6.54. The minimum absolute atomic E-state index is 0.0918. The highest BCUT2D eigenvalue weighted by atomic mass is 19.1. The standard InChI is InChI=1S/C17H26FN3O2/c1-12(2)15(20(3)4)9-19-17(22)21-10-13(11-21)23-16-8-6-5-7-14(16)18/h5-8,12-13,15H,9-11H2,1-4H3,(H,19,22)/t15-/m1/s1. The third-order valence-electron chi connectivity index (χ3n) is 4.16. The lowest BCUT2D eigenvalue weighted by Crippen LogP contribution is -2.60. The van der Waals surface area contributed by atoms with Gasteiger partial charge in [0.1, 0.15) is 6.10 Å². The molecule has 1 saturated heterocycles. The summed E-state index contributed by atoms with van der Waals surface area (Å²) in [5.41, 5.74) is 0. The Labute approximate surface area is 137 Å². The summed E-state index contributed by atoms with van der Waals surface area (Å²) in [5, 5.41) is 2.96. The van der Waals surface area contributed by atoms with Crippen LogP contribution in [0.2, 0.25) is 0 Å². The fourth-order valence-electron chi connectivity index (χ4n) is 2.72. The number of carbonyl (C=O) groups is 1. The molecule has 1 aromatic carbocycles. The van der Waals surface area contributed by atoms with E-state index in [4.69, 9.17) is 4.74 Å². The van der Waals surface area contributed by atoms with Crippen molar-refractivity contribution in [2.24, 2.45) is 5.92 Å². The molecule has 1 aliphatic rings. The number of likely N-dealkylation sites (tertiary alicyclic amines) is 1. The molecule has 0 aliphatic carbocycles. The Balaban J connectivity index is 1.74. The van der Waals surface area contributed by atoms with Gasteiger partial charge >= 0.3 is 6.03 Å². The Morgan fingerprint density at radius 3 is 2.61 bits per heavy atom. The van der Waals surface area contributed by atoms with Gasteiger partial charge in [-0.3, -0.25) is 0 Å². The van der Waals surface area contributed by atoms with Crippen LogP contribution in [0.25, 0.3) is 0 Å². The van der Waals surface area contributed by atoms with E-state index in [-0.39, 0.29) is 23.7 Å². The number of para-hydroxylation sites is 1. The van der Waals surface area contributed by atoms with Crippen molar-refractivity contribution in [3.63, 3.8) is 0 Å². The zero-order chi connectivity index (χ0) is 17.0. The average Bonchev–Trinajstić information content (AvgIpc) is 2.43. The molecule has 6 heteroatoms. The zero-order valence-electron chi connectivity index (χ0n) is 14.3. The third kappa shape index (κ3) is 4.58. The van der Waals surface area contributed by atoms with Gasteiger partial charge in [-0.1, -0.05) is 26.0 Å². The van der Waals surface area contributed by atoms with Crippen LogP contribution in [0.15, 0.2) is 24.3 Å². The quantitative estimate of drug-likeness (QED) is 0.873. The number of hydrogen-bond donors (Lipinski definition) is 1. The highest BCUT2D eigenvalue weighted by molar-refractivity contribution is 5.75. The lowest BCUT2D eigenvalue weighted by Gasteiger charge is -2.39. The summed E-state index contributed by atoms with van der Waals surface area (Å²) in [4.78, 5) is 15.9. The van der Waals surface area contributed by atoms with Gasteiger partial charge in [0, 0.05) is 12.6 Å². The van der Waals surface area contributed by atoms with E-state index in [9.17, 15) is 9.18 Å². The number of nitrogens with zero attached hydrogens (tertiary/aromatic N) is 2. The number of hydrogen-bond acceptors (Lipinski definition) is 3. The lowest BCUT2D eigenvalue weighted by atomic mass is 10.0. The van der Waals surface area contributed by atoms with Crippen LogP contribution < -0.4 is 10.1 Å². The van der Waals surface area contributed by atoms with Crippen LogP contribution in [0.4, 0.5) is 9.18 Å². The molecule has 5 nitrogen and oxygen atoms in total. The number of rotatable bonds is 6. The van der Waals surface area contributed by atoms with Gasteiger partial charge < -0.3 is 19.9 Å². The smallest absolute Gasteiger partial charge is 0.317 e. The number of halogens is 1. The maximum atomic E-state index is 13.5. The predicted octanol–water partition coefficient (Wildman–Crippen LogP) is 2.18. The molecular formula is C17H26FN3O2. The molecule has 2 rings (SSSR count). The lowest BCUT2D eigenvalue weighted by molar-refractivity contribution is 0.0411. The summed E-state index contributed by atoms with van der Waals surface area (Å²) < 4.78 is 19.1. The first-order chi connectivity index (χ1) is 10.9. The van der Waals surface area contributed by atoms with Crippen molar-refractivity contribution >= 4 is 6.03 Å². The maximum Gasteiger partial charge on any atom is 0.317 e. The molecule has 0 spiro atoms. The van der Waals surface area contributed by atoms with Crippen LogP contribution in [-0.4, -0.2) is 61.7 Å². The Kier molecular flexibility index (Phi) is 5.82. The topological polar surface area (TPSA) is 44.8 Å². The van der Waals surface area contributed by atoms with E-state index in [1.807, 2.05) is 14.1 Å². The fourth-order valence-corrected chi connectivity index (χ4v) is 2.72. The van der Waals surface area contributed by atoms with Crippen LogP contribution in [0.5, 0.6) is 5.75 Å². The molecule has 1 heterocycles. The van der Waals surface area contributed by atoms with E-state index in [1.54, 1.807) is 23.1 Å². The van der Waals surface area contributed by atoms with Gasteiger partial charge in [0.05, 0.1) is 13.1 Å². The van der Waals surface area contributed by atoms with Gasteiger partial charge in [0.15, 0.2) is 11.6 Å². The summed E-state index contributed by atoms with van der Waals surface area (Å²) in [6.07, 6.45) is -0.146. The molecule has 0 aromatic heterocycles. The van der Waals surface area contributed by atoms with E-state index in [2.05, 4.69) is 24.1 Å². The van der Waals surface area contributed by atoms with E-state index in [0.29, 0.717) is 31.6 Å². The van der Waals surface area contributed by atoms with Gasteiger partial charge in [-0.05, 0) is 32.1 Å². The number of likely N-dealkylation sites (N-methyl/N-ethyl adjacent to an activating group) is 1. The van der Waals surface area contributed by atoms with Crippen molar-refractivity contribution in [3.05, 3.63) is 30.1 Å². The number of benzene rings is 1. The second-order valence-corrected chi connectivity index (χ2v) is 6.54. The van der Waals surface area contributed by atoms with E-state index >= 15 is 0 Å². The van der Waals surface area contributed by atoms with Gasteiger partial charge in [-0.2, -0.15) is 0 Å². The van der Waals surface area contributed by atoms with Crippen LogP contribution in [0.1, 0.15) is 13.8 Å². The SMILES string of the molecule is CC(C)[C@@H](CNC(=O)N1CC(Oc2ccccc2F)C1)N(C)C. The predicted molar refractivity (Wildman–Crippen MR) is 88.1 cm³/mol. The molecule has 1 aliphatic heterocycles. The summed E-state index contributed by atoms with van der Waals surface area (Å²) in [5.74, 6) is 0.324. The number of ether oxygens (including phenoxy) is 1. The first-order valence-electron chi connectivity index (χ1n) is 7.99. The normalized spacial score (nSPS) is 16.4. The monoisotopic (exact) mass is 323 g/mol. The third-order valence-corrected chi connectivity index (χ3v) is 4.16. The van der Waals surface area contributed by atoms with E-state index in [1.165, 1.54) is 6.07 Å². The molecule has 0 unspecified atom stereocenters. The molecular weight excluding hydrogens is 297 g/mol. The van der Waals surface area contributed by atoms with Gasteiger partial charge in [0.25, 0.3) is 0 Å². The number of amides is 2. The number of urea groups is 1. The van der Waals surface area contributed by atoms with Crippen LogP contribution in [0, 0.1) is 11.7 Å². The minimum atomic E-state index is -0.374. The summed E-state index contributed by atoms with van der Waals surface area (Å²) in [7, 11) is 4.03. The Morgan fingerprint density at radius 1 is 1.39 bits per heavy atom. The Morgan fingerprint density at radius 2 is 2.04 bits per heavy atom. The summed E-state index contributed by atoms with van der Waals surface area (Å²) in [6.45, 7) is 5.85. The highest BCUT2D eigenvalue weighted by Gasteiger charge is 2.33. The summed E-state index contributed by atoms with van der Waals surface area (Å²) >= 11 is 0. The van der Waals surface area contributed by atoms with E-state index in [0.717, 1.165) is 0 Å². The molecule has 0 bridgehead atoms. The molecule has 1 fully saturated rings. The molecule has 23 heavy (non-hydrogen) atoms. The van der Waals surface area contributed by atoms with Crippen LogP contribution in [0.3, 0.4) is 0 Å². The largest absolute Gasteiger partial charge is 0.484 e. The number of nitrogens with one attached hydrogen (secondary N) is 1. The Hall–Kier alpha value is -1.82. The van der Waals surface area contributed by atoms with Crippen molar-refractivity contribution in [1.82, 2.24) is 15.1 Å². The zero-order valence-corrected chi connectivity index (χ0v) is 14.3. The van der Waals surface area contributed by atoms with Gasteiger partial charge in [-0.15, -0.1) is 0 Å². The molecule has 128 valence electrons. The number of carbonyl (C=O) groups excluding carboxylic acids is 1. The second kappa shape index (κ2) is 7.64. The maximum absolute atomic E-state index is 13.5. The fraction of sp³-hybridized carbons (Fsp3) is 0.588. The highest BCUT2D eigenvalue weighted by Crippen LogP contribution is 2.21. The van der Waals surface area contributed by atoms with Crippen LogP contribution >= 0.6 is 0 Å². The summed E-state index contributed by atoms with van der Waals surface area (Å²) in [6, 6.07) is 6.53. The van der Waals surface area contributed by atoms with Crippen molar-refractivity contribution in [2.75, 3.05) is 33.7 Å². The van der Waals surface area contributed by atoms with Gasteiger partial charge in [0.2, 0.25) is 0 Å². The van der Waals surface area contributed by atoms with Crippen molar-refractivity contribution in [3.8, 4) is 5.75 Å². The molecule has 1 aromatic rings. The molecule has 1 N–H and O–H groups in total.